The lowest BCUT2D eigenvalue weighted by atomic mass is 10.1. The molecule has 0 aliphatic heterocycles. The molecule has 0 aliphatic rings. The Morgan fingerprint density at radius 2 is 1.71 bits per heavy atom. The Bertz CT molecular complexity index is 1050. The Hall–Kier alpha value is -3.81. The molecular formula is C20H19N5O3. The zero-order valence-corrected chi connectivity index (χ0v) is 15.2. The van der Waals surface area contributed by atoms with E-state index in [-0.39, 0.29) is 17.9 Å². The molecule has 4 N–H and O–H groups in total. The van der Waals surface area contributed by atoms with Crippen molar-refractivity contribution in [2.75, 3.05) is 5.32 Å². The number of benzene rings is 2. The van der Waals surface area contributed by atoms with Crippen molar-refractivity contribution in [3.63, 3.8) is 0 Å². The number of para-hydroxylation sites is 3. The number of nitrogens with zero attached hydrogens (tertiary/aromatic N) is 2. The third-order valence-corrected chi connectivity index (χ3v) is 4.04. The first-order valence-corrected chi connectivity index (χ1v) is 8.61. The molecule has 8 nitrogen and oxygen atoms in total. The predicted molar refractivity (Wildman–Crippen MR) is 104 cm³/mol. The van der Waals surface area contributed by atoms with Gasteiger partial charge in [-0.3, -0.25) is 19.4 Å². The van der Waals surface area contributed by atoms with E-state index in [2.05, 4.69) is 20.6 Å². The second kappa shape index (κ2) is 8.26. The maximum absolute atomic E-state index is 12.7. The minimum atomic E-state index is -0.978. The van der Waals surface area contributed by atoms with Gasteiger partial charge in [-0.15, -0.1) is 0 Å². The molecule has 2 aromatic carbocycles. The van der Waals surface area contributed by atoms with Crippen LogP contribution in [-0.2, 0) is 16.0 Å². The first kappa shape index (κ1) is 19.0. The number of carbonyl (C=O) groups is 3. The van der Waals surface area contributed by atoms with Crippen molar-refractivity contribution >= 4 is 34.4 Å². The highest BCUT2D eigenvalue weighted by molar-refractivity contribution is 6.04. The number of nitrogens with two attached hydrogens (primary N) is 1. The molecule has 3 aromatic rings. The van der Waals surface area contributed by atoms with Crippen LogP contribution in [0.5, 0.6) is 0 Å². The van der Waals surface area contributed by atoms with Crippen LogP contribution in [0.4, 0.5) is 5.69 Å². The summed E-state index contributed by atoms with van der Waals surface area (Å²) in [6.45, 7) is 1.35. The molecule has 0 spiro atoms. The van der Waals surface area contributed by atoms with Crippen molar-refractivity contribution in [3.05, 3.63) is 66.0 Å². The van der Waals surface area contributed by atoms with Gasteiger partial charge in [0.05, 0.1) is 28.0 Å². The molecule has 0 unspecified atom stereocenters. The summed E-state index contributed by atoms with van der Waals surface area (Å²) in [6, 6.07) is 12.9. The number of aromatic nitrogens is 2. The molecule has 1 aromatic heterocycles. The lowest BCUT2D eigenvalue weighted by molar-refractivity contribution is -0.119. The van der Waals surface area contributed by atoms with Crippen LogP contribution in [0.2, 0.25) is 0 Å². The van der Waals surface area contributed by atoms with Gasteiger partial charge in [-0.1, -0.05) is 24.3 Å². The first-order chi connectivity index (χ1) is 13.4. The van der Waals surface area contributed by atoms with Crippen molar-refractivity contribution in [2.24, 2.45) is 5.73 Å². The Labute approximate surface area is 161 Å². The van der Waals surface area contributed by atoms with E-state index in [1.807, 2.05) is 24.3 Å². The fraction of sp³-hybridized carbons (Fsp3) is 0.150. The minimum Gasteiger partial charge on any atom is -0.368 e. The van der Waals surface area contributed by atoms with E-state index in [0.29, 0.717) is 16.9 Å². The van der Waals surface area contributed by atoms with Crippen LogP contribution in [0.3, 0.4) is 0 Å². The van der Waals surface area contributed by atoms with Gasteiger partial charge in [-0.25, -0.2) is 4.98 Å². The highest BCUT2D eigenvalue weighted by atomic mass is 16.2. The van der Waals surface area contributed by atoms with Crippen LogP contribution in [-0.4, -0.2) is 33.7 Å². The van der Waals surface area contributed by atoms with Crippen LogP contribution in [0.15, 0.2) is 54.7 Å². The first-order valence-electron chi connectivity index (χ1n) is 8.61. The van der Waals surface area contributed by atoms with Crippen LogP contribution in [0.25, 0.3) is 11.0 Å². The molecule has 0 radical (unpaired) electrons. The Morgan fingerprint density at radius 1 is 1.04 bits per heavy atom. The second-order valence-electron chi connectivity index (χ2n) is 6.21. The van der Waals surface area contributed by atoms with E-state index in [0.717, 1.165) is 5.52 Å². The van der Waals surface area contributed by atoms with Gasteiger partial charge in [0.15, 0.2) is 0 Å². The number of amides is 3. The van der Waals surface area contributed by atoms with E-state index in [9.17, 15) is 14.4 Å². The Balaban J connectivity index is 1.80. The quantitative estimate of drug-likeness (QED) is 0.599. The molecule has 8 heteroatoms. The van der Waals surface area contributed by atoms with E-state index in [4.69, 9.17) is 5.73 Å². The third kappa shape index (κ3) is 4.47. The normalized spacial score (nSPS) is 11.6. The summed E-state index contributed by atoms with van der Waals surface area (Å²) in [4.78, 5) is 44.6. The molecule has 0 bridgehead atoms. The number of hydrogen-bond donors (Lipinski definition) is 3. The van der Waals surface area contributed by atoms with Crippen LogP contribution in [0.1, 0.15) is 23.0 Å². The van der Waals surface area contributed by atoms with Gasteiger partial charge < -0.3 is 16.4 Å². The topological polar surface area (TPSA) is 127 Å². The number of carbonyl (C=O) groups excluding carboxylic acids is 3. The van der Waals surface area contributed by atoms with E-state index in [1.54, 1.807) is 30.5 Å². The third-order valence-electron chi connectivity index (χ3n) is 4.04. The summed E-state index contributed by atoms with van der Waals surface area (Å²) in [5.74, 6) is -1.53. The largest absolute Gasteiger partial charge is 0.368 e. The van der Waals surface area contributed by atoms with Crippen LogP contribution < -0.4 is 16.4 Å². The molecule has 0 saturated heterocycles. The molecule has 1 heterocycles. The average molecular weight is 377 g/mol. The smallest absolute Gasteiger partial charge is 0.254 e. The number of rotatable bonds is 6. The maximum Gasteiger partial charge on any atom is 0.254 e. The van der Waals surface area contributed by atoms with E-state index < -0.39 is 17.9 Å². The van der Waals surface area contributed by atoms with E-state index in [1.165, 1.54) is 6.92 Å². The van der Waals surface area contributed by atoms with Crippen molar-refractivity contribution in [3.8, 4) is 0 Å². The van der Waals surface area contributed by atoms with Gasteiger partial charge in [0.2, 0.25) is 11.8 Å². The molecule has 0 fully saturated rings. The maximum atomic E-state index is 12.7. The molecule has 0 aliphatic carbocycles. The number of primary amides is 1. The summed E-state index contributed by atoms with van der Waals surface area (Å²) in [5.41, 5.74) is 7.99. The second-order valence-corrected chi connectivity index (χ2v) is 6.21. The zero-order chi connectivity index (χ0) is 20.1. The van der Waals surface area contributed by atoms with Gasteiger partial charge in [-0.05, 0) is 24.3 Å². The van der Waals surface area contributed by atoms with E-state index >= 15 is 0 Å². The standard InChI is InChI=1S/C20H19N5O3/c1-12(26)23-15-7-3-2-6-14(15)20(28)25-18(19(21)27)10-13-11-22-16-8-4-5-9-17(16)24-13/h2-9,11,18H,10H2,1H3,(H2,21,27)(H,23,26)(H,25,28)/t18-/m0/s1. The molecule has 3 rings (SSSR count). The lowest BCUT2D eigenvalue weighted by Crippen LogP contribution is -2.46. The Kier molecular flexibility index (Phi) is 5.59. The zero-order valence-electron chi connectivity index (χ0n) is 15.2. The molecular weight excluding hydrogens is 358 g/mol. The summed E-state index contributed by atoms with van der Waals surface area (Å²) in [7, 11) is 0. The number of anilines is 1. The Morgan fingerprint density at radius 3 is 2.43 bits per heavy atom. The fourth-order valence-electron chi connectivity index (χ4n) is 2.74. The molecule has 142 valence electrons. The average Bonchev–Trinajstić information content (AvgIpc) is 2.67. The van der Waals surface area contributed by atoms with Gasteiger partial charge in [0, 0.05) is 19.5 Å². The molecule has 28 heavy (non-hydrogen) atoms. The highest BCUT2D eigenvalue weighted by Gasteiger charge is 2.22. The predicted octanol–water partition coefficient (Wildman–Crippen LogP) is 1.41. The van der Waals surface area contributed by atoms with Crippen molar-refractivity contribution in [1.29, 1.82) is 0 Å². The van der Waals surface area contributed by atoms with Gasteiger partial charge in [0.1, 0.15) is 6.04 Å². The van der Waals surface area contributed by atoms with Crippen LogP contribution in [0, 0.1) is 0 Å². The summed E-state index contributed by atoms with van der Waals surface area (Å²) in [6.07, 6.45) is 1.65. The number of fused-ring (bicyclic) bond motifs is 1. The van der Waals surface area contributed by atoms with Crippen LogP contribution >= 0.6 is 0 Å². The van der Waals surface area contributed by atoms with Gasteiger partial charge >= 0.3 is 0 Å². The fourth-order valence-corrected chi connectivity index (χ4v) is 2.74. The number of hydrogen-bond acceptors (Lipinski definition) is 5. The van der Waals surface area contributed by atoms with Crippen molar-refractivity contribution < 1.29 is 14.4 Å². The SMILES string of the molecule is CC(=O)Nc1ccccc1C(=O)N[C@@H](Cc1cnc2ccccc2n1)C(N)=O. The number of nitrogens with one attached hydrogen (secondary N) is 2. The summed E-state index contributed by atoms with van der Waals surface area (Å²) >= 11 is 0. The van der Waals surface area contributed by atoms with Gasteiger partial charge in [-0.2, -0.15) is 0 Å². The lowest BCUT2D eigenvalue weighted by Gasteiger charge is -2.17. The van der Waals surface area contributed by atoms with Gasteiger partial charge in [0.25, 0.3) is 5.91 Å². The molecule has 3 amide bonds. The minimum absolute atomic E-state index is 0.0984. The monoisotopic (exact) mass is 377 g/mol. The highest BCUT2D eigenvalue weighted by Crippen LogP contribution is 2.16. The molecule has 0 saturated carbocycles. The van der Waals surface area contributed by atoms with Crippen molar-refractivity contribution in [2.45, 2.75) is 19.4 Å². The molecule has 1 atom stereocenters. The van der Waals surface area contributed by atoms with Crippen molar-refractivity contribution in [1.82, 2.24) is 15.3 Å². The summed E-state index contributed by atoms with van der Waals surface area (Å²) < 4.78 is 0. The summed E-state index contributed by atoms with van der Waals surface area (Å²) in [5, 5.41) is 5.20.